The Morgan fingerprint density at radius 3 is 1.07 bits per heavy atom. The summed E-state index contributed by atoms with van der Waals surface area (Å²) in [6.07, 6.45) is -1.58. The first-order valence-electron chi connectivity index (χ1n) is 4.53. The number of carbonyl (C=O) groups is 3. The zero-order valence-electron chi connectivity index (χ0n) is 8.68. The predicted molar refractivity (Wildman–Crippen MR) is 46.7 cm³/mol. The lowest BCUT2D eigenvalue weighted by Gasteiger charge is -2.22. The summed E-state index contributed by atoms with van der Waals surface area (Å²) in [5.41, 5.74) is 0. The van der Waals surface area contributed by atoms with Crippen LogP contribution in [-0.2, 0) is 28.6 Å². The average Bonchev–Trinajstić information content (AvgIpc) is 2.78. The van der Waals surface area contributed by atoms with Crippen molar-refractivity contribution in [2.45, 2.75) is 39.1 Å². The molecule has 6 heteroatoms. The lowest BCUT2D eigenvalue weighted by molar-refractivity contribution is -0.191. The molecule has 2 aliphatic rings. The molecule has 0 radical (unpaired) electrons. The Morgan fingerprint density at radius 2 is 0.867 bits per heavy atom. The lowest BCUT2D eigenvalue weighted by atomic mass is 10.3. The summed E-state index contributed by atoms with van der Waals surface area (Å²) in [6.45, 7) is 4.68. The van der Waals surface area contributed by atoms with Crippen molar-refractivity contribution in [1.82, 2.24) is 0 Å². The number of rotatable bonds is 0. The van der Waals surface area contributed by atoms with Gasteiger partial charge in [0.15, 0.2) is 18.3 Å². The van der Waals surface area contributed by atoms with Gasteiger partial charge in [-0.15, -0.1) is 0 Å². The van der Waals surface area contributed by atoms with Crippen LogP contribution in [0.2, 0.25) is 0 Å². The van der Waals surface area contributed by atoms with Crippen LogP contribution in [0.3, 0.4) is 0 Å². The second-order valence-electron chi connectivity index (χ2n) is 3.24. The Kier molecular flexibility index (Phi) is 3.28. The summed E-state index contributed by atoms with van der Waals surface area (Å²) in [5.74, 6) is -1.04. The third-order valence-corrected chi connectivity index (χ3v) is 1.82. The van der Waals surface area contributed by atoms with E-state index in [1.165, 1.54) is 13.8 Å². The van der Waals surface area contributed by atoms with Gasteiger partial charge < -0.3 is 14.2 Å². The molecule has 0 aromatic heterocycles. The Morgan fingerprint density at radius 1 is 0.667 bits per heavy atom. The molecule has 0 amide bonds. The Labute approximate surface area is 86.5 Å². The molecule has 2 saturated heterocycles. The van der Waals surface area contributed by atoms with Crippen LogP contribution in [0.15, 0.2) is 0 Å². The van der Waals surface area contributed by atoms with Crippen molar-refractivity contribution >= 4 is 17.9 Å². The minimum atomic E-state index is -0.747. The average molecular weight is 216 g/mol. The van der Waals surface area contributed by atoms with E-state index in [9.17, 15) is 14.4 Å². The van der Waals surface area contributed by atoms with E-state index in [0.29, 0.717) is 0 Å². The van der Waals surface area contributed by atoms with Crippen LogP contribution >= 0.6 is 0 Å². The maximum Gasteiger partial charge on any atom is 0.347 e. The van der Waals surface area contributed by atoms with E-state index in [-0.39, 0.29) is 12.1 Å². The van der Waals surface area contributed by atoms with Crippen molar-refractivity contribution < 1.29 is 28.6 Å². The molecular weight excluding hydrogens is 204 g/mol. The molecule has 6 nitrogen and oxygen atoms in total. The van der Waals surface area contributed by atoms with Crippen LogP contribution in [0, 0.1) is 0 Å². The van der Waals surface area contributed by atoms with Gasteiger partial charge in [-0.3, -0.25) is 0 Å². The van der Waals surface area contributed by atoms with Crippen LogP contribution in [0.4, 0.5) is 0 Å². The number of esters is 2. The van der Waals surface area contributed by atoms with E-state index in [1.807, 2.05) is 0 Å². The number of ether oxygens (including phenoxy) is 3. The minimum Gasteiger partial charge on any atom is -0.448 e. The van der Waals surface area contributed by atoms with Crippen molar-refractivity contribution in [3.8, 4) is 0 Å². The maximum atomic E-state index is 10.7. The van der Waals surface area contributed by atoms with Gasteiger partial charge in [-0.25, -0.2) is 14.4 Å². The maximum absolute atomic E-state index is 10.7. The summed E-state index contributed by atoms with van der Waals surface area (Å²) < 4.78 is 13.5. The van der Waals surface area contributed by atoms with Gasteiger partial charge in [-0.1, -0.05) is 0 Å². The Balaban J connectivity index is 0.000000187. The number of cyclic esters (lactones) is 3. The van der Waals surface area contributed by atoms with Crippen molar-refractivity contribution in [3.05, 3.63) is 0 Å². The highest BCUT2D eigenvalue weighted by molar-refractivity contribution is 5.87. The van der Waals surface area contributed by atoms with Gasteiger partial charge in [0.05, 0.1) is 0 Å². The monoisotopic (exact) mass is 216 g/mol. The second-order valence-corrected chi connectivity index (χ2v) is 3.24. The van der Waals surface area contributed by atoms with Gasteiger partial charge in [0.2, 0.25) is 0 Å². The van der Waals surface area contributed by atoms with E-state index in [2.05, 4.69) is 14.2 Å². The van der Waals surface area contributed by atoms with Crippen LogP contribution < -0.4 is 0 Å². The fraction of sp³-hybridized carbons (Fsp3) is 0.667. The molecule has 0 N–H and O–H groups in total. The summed E-state index contributed by atoms with van der Waals surface area (Å²) >= 11 is 0. The molecular formula is C9H12O6. The normalized spacial score (nSPS) is 33.0. The first-order valence-corrected chi connectivity index (χ1v) is 4.53. The molecule has 2 rings (SSSR count). The third kappa shape index (κ3) is 3.23. The van der Waals surface area contributed by atoms with Gasteiger partial charge in [0.1, 0.15) is 0 Å². The van der Waals surface area contributed by atoms with Crippen LogP contribution in [0.1, 0.15) is 20.8 Å². The van der Waals surface area contributed by atoms with Gasteiger partial charge >= 0.3 is 17.9 Å². The number of epoxide rings is 1. The van der Waals surface area contributed by atoms with Crippen LogP contribution in [0.5, 0.6) is 0 Å². The SMILES string of the molecule is CC1OC(=O)C(C)OC1=O.CC1OC1=O. The Bertz CT molecular complexity index is 277. The number of hydrogen-bond acceptors (Lipinski definition) is 6. The molecule has 84 valence electrons. The van der Waals surface area contributed by atoms with Crippen molar-refractivity contribution in [2.24, 2.45) is 0 Å². The molecule has 0 bridgehead atoms. The molecule has 0 aromatic carbocycles. The van der Waals surface area contributed by atoms with Crippen LogP contribution in [-0.4, -0.2) is 36.2 Å². The fourth-order valence-corrected chi connectivity index (χ4v) is 0.777. The fourth-order valence-electron chi connectivity index (χ4n) is 0.777. The van der Waals surface area contributed by atoms with Crippen LogP contribution in [0.25, 0.3) is 0 Å². The van der Waals surface area contributed by atoms with Gasteiger partial charge in [0, 0.05) is 0 Å². The van der Waals surface area contributed by atoms with Gasteiger partial charge in [-0.05, 0) is 20.8 Å². The topological polar surface area (TPSA) is 82.2 Å². The molecule has 0 spiro atoms. The summed E-state index contributed by atoms with van der Waals surface area (Å²) in [6, 6.07) is 0. The quantitative estimate of drug-likeness (QED) is 0.316. The molecule has 3 unspecified atom stereocenters. The molecule has 2 fully saturated rings. The van der Waals surface area contributed by atoms with E-state index in [1.54, 1.807) is 6.92 Å². The molecule has 0 saturated carbocycles. The van der Waals surface area contributed by atoms with Gasteiger partial charge in [-0.2, -0.15) is 0 Å². The third-order valence-electron chi connectivity index (χ3n) is 1.82. The lowest BCUT2D eigenvalue weighted by Crippen LogP contribution is -2.40. The van der Waals surface area contributed by atoms with E-state index in [4.69, 9.17) is 0 Å². The minimum absolute atomic E-state index is 0.0787. The Hall–Kier alpha value is -1.59. The first kappa shape index (κ1) is 11.5. The van der Waals surface area contributed by atoms with Gasteiger partial charge in [0.25, 0.3) is 0 Å². The summed E-state index contributed by atoms with van der Waals surface area (Å²) in [4.78, 5) is 31.0. The molecule has 2 aliphatic heterocycles. The standard InChI is InChI=1S/C6H8O4.C3H4O2/c1-3-5(7)10-4(2)6(8)9-3;1-2-3(4)5-2/h3-4H,1-2H3;2H,1H3. The summed E-state index contributed by atoms with van der Waals surface area (Å²) in [7, 11) is 0. The van der Waals surface area contributed by atoms with Crippen molar-refractivity contribution in [3.63, 3.8) is 0 Å². The molecule has 3 atom stereocenters. The zero-order chi connectivity index (χ0) is 11.6. The molecule has 0 aromatic rings. The largest absolute Gasteiger partial charge is 0.448 e. The molecule has 0 aliphatic carbocycles. The van der Waals surface area contributed by atoms with E-state index >= 15 is 0 Å². The highest BCUT2D eigenvalue weighted by Gasteiger charge is 2.32. The second kappa shape index (κ2) is 4.29. The van der Waals surface area contributed by atoms with Crippen molar-refractivity contribution in [2.75, 3.05) is 0 Å². The number of hydrogen-bond donors (Lipinski definition) is 0. The first-order chi connectivity index (χ1) is 6.91. The molecule has 2 heterocycles. The van der Waals surface area contributed by atoms with E-state index in [0.717, 1.165) is 0 Å². The van der Waals surface area contributed by atoms with Crippen molar-refractivity contribution in [1.29, 1.82) is 0 Å². The number of carbonyl (C=O) groups excluding carboxylic acids is 3. The smallest absolute Gasteiger partial charge is 0.347 e. The highest BCUT2D eigenvalue weighted by atomic mass is 16.6. The highest BCUT2D eigenvalue weighted by Crippen LogP contribution is 2.08. The van der Waals surface area contributed by atoms with E-state index < -0.39 is 24.1 Å². The summed E-state index contributed by atoms with van der Waals surface area (Å²) in [5, 5.41) is 0. The zero-order valence-corrected chi connectivity index (χ0v) is 8.68. The predicted octanol–water partition coefficient (Wildman–Crippen LogP) is -0.205. The molecule has 15 heavy (non-hydrogen) atoms.